The summed E-state index contributed by atoms with van der Waals surface area (Å²) < 4.78 is 18.3. The second-order valence-corrected chi connectivity index (χ2v) is 6.41. The molecular weight excluding hydrogens is 337 g/mol. The van der Waals surface area contributed by atoms with Gasteiger partial charge in [0.25, 0.3) is 5.91 Å². The lowest BCUT2D eigenvalue weighted by Gasteiger charge is -2.14. The van der Waals surface area contributed by atoms with Gasteiger partial charge in [0.1, 0.15) is 11.6 Å². The number of hydrogen-bond acceptors (Lipinski definition) is 3. The molecule has 2 aromatic carbocycles. The van der Waals surface area contributed by atoms with Gasteiger partial charge in [-0.25, -0.2) is 4.39 Å². The highest BCUT2D eigenvalue weighted by Gasteiger charge is 2.13. The van der Waals surface area contributed by atoms with Crippen molar-refractivity contribution in [3.8, 4) is 5.75 Å². The van der Waals surface area contributed by atoms with Gasteiger partial charge in [0.05, 0.1) is 0 Å². The summed E-state index contributed by atoms with van der Waals surface area (Å²) in [5.41, 5.74) is 0. The minimum absolute atomic E-state index is 0.203. The van der Waals surface area contributed by atoms with Crippen LogP contribution < -0.4 is 10.1 Å². The maximum Gasteiger partial charge on any atom is 0.260 e. The van der Waals surface area contributed by atoms with E-state index in [1.54, 1.807) is 18.7 Å². The molecule has 1 amide bonds. The van der Waals surface area contributed by atoms with Crippen LogP contribution in [0, 0.1) is 5.82 Å². The van der Waals surface area contributed by atoms with Gasteiger partial charge in [0.15, 0.2) is 6.10 Å². The summed E-state index contributed by atoms with van der Waals surface area (Å²) >= 11 is 7.46. The van der Waals surface area contributed by atoms with Gasteiger partial charge in [0.2, 0.25) is 0 Å². The van der Waals surface area contributed by atoms with E-state index in [4.69, 9.17) is 16.3 Å². The lowest BCUT2D eigenvalue weighted by Crippen LogP contribution is -2.37. The van der Waals surface area contributed by atoms with Crippen LogP contribution in [0.1, 0.15) is 6.92 Å². The van der Waals surface area contributed by atoms with Crippen LogP contribution in [0.25, 0.3) is 0 Å². The zero-order chi connectivity index (χ0) is 16.7. The van der Waals surface area contributed by atoms with Gasteiger partial charge in [0, 0.05) is 22.2 Å². The van der Waals surface area contributed by atoms with Crippen molar-refractivity contribution in [2.24, 2.45) is 0 Å². The number of nitrogens with one attached hydrogen (secondary N) is 1. The zero-order valence-electron chi connectivity index (χ0n) is 12.6. The summed E-state index contributed by atoms with van der Waals surface area (Å²) in [5.74, 6) is 0.667. The number of amides is 1. The molecule has 0 heterocycles. The van der Waals surface area contributed by atoms with Gasteiger partial charge in [-0.2, -0.15) is 0 Å². The van der Waals surface area contributed by atoms with Gasteiger partial charge >= 0.3 is 0 Å². The van der Waals surface area contributed by atoms with Crippen LogP contribution in [0.3, 0.4) is 0 Å². The molecule has 2 rings (SSSR count). The lowest BCUT2D eigenvalue weighted by atomic mass is 10.3. The van der Waals surface area contributed by atoms with Gasteiger partial charge in [-0.15, -0.1) is 11.8 Å². The quantitative estimate of drug-likeness (QED) is 0.600. The van der Waals surface area contributed by atoms with Gasteiger partial charge in [-0.05, 0) is 55.5 Å². The molecule has 0 saturated heterocycles. The molecular formula is C17H17ClFNO2S. The summed E-state index contributed by atoms with van der Waals surface area (Å²) in [7, 11) is 0. The van der Waals surface area contributed by atoms with E-state index in [2.05, 4.69) is 5.32 Å². The van der Waals surface area contributed by atoms with E-state index in [1.165, 1.54) is 24.3 Å². The highest BCUT2D eigenvalue weighted by molar-refractivity contribution is 7.99. The molecule has 0 unspecified atom stereocenters. The molecule has 0 radical (unpaired) electrons. The Morgan fingerprint density at radius 3 is 2.52 bits per heavy atom. The zero-order valence-corrected chi connectivity index (χ0v) is 14.2. The fourth-order valence-electron chi connectivity index (χ4n) is 1.79. The minimum Gasteiger partial charge on any atom is -0.481 e. The summed E-state index contributed by atoms with van der Waals surface area (Å²) in [4.78, 5) is 13.0. The first-order chi connectivity index (χ1) is 11.0. The van der Waals surface area contributed by atoms with Crippen LogP contribution in [0.2, 0.25) is 5.02 Å². The number of carbonyl (C=O) groups is 1. The largest absolute Gasteiger partial charge is 0.481 e. The molecule has 0 aliphatic carbocycles. The van der Waals surface area contributed by atoms with E-state index < -0.39 is 6.10 Å². The lowest BCUT2D eigenvalue weighted by molar-refractivity contribution is -0.127. The molecule has 0 saturated carbocycles. The third-order valence-electron chi connectivity index (χ3n) is 2.98. The summed E-state index contributed by atoms with van der Waals surface area (Å²) in [6.45, 7) is 2.19. The number of benzene rings is 2. The number of rotatable bonds is 7. The molecule has 0 bridgehead atoms. The second-order valence-electron chi connectivity index (χ2n) is 4.81. The summed E-state index contributed by atoms with van der Waals surface area (Å²) in [6.07, 6.45) is -0.638. The Morgan fingerprint density at radius 1 is 1.22 bits per heavy atom. The van der Waals surface area contributed by atoms with Crippen molar-refractivity contribution in [2.45, 2.75) is 17.9 Å². The van der Waals surface area contributed by atoms with Crippen molar-refractivity contribution in [1.82, 2.24) is 5.32 Å². The van der Waals surface area contributed by atoms with Gasteiger partial charge < -0.3 is 10.1 Å². The first kappa shape index (κ1) is 17.6. The Morgan fingerprint density at radius 2 is 1.87 bits per heavy atom. The average molecular weight is 354 g/mol. The first-order valence-electron chi connectivity index (χ1n) is 7.13. The van der Waals surface area contributed by atoms with Crippen LogP contribution in [-0.2, 0) is 4.79 Å². The fraction of sp³-hybridized carbons (Fsp3) is 0.235. The maximum absolute atomic E-state index is 12.8. The number of thioether (sulfide) groups is 1. The van der Waals surface area contributed by atoms with Gasteiger partial charge in [-0.1, -0.05) is 11.6 Å². The van der Waals surface area contributed by atoms with E-state index in [9.17, 15) is 9.18 Å². The minimum atomic E-state index is -0.638. The third-order valence-corrected chi connectivity index (χ3v) is 4.25. The maximum atomic E-state index is 12.8. The molecule has 122 valence electrons. The van der Waals surface area contributed by atoms with E-state index >= 15 is 0 Å². The molecule has 0 aromatic heterocycles. The molecule has 1 N–H and O–H groups in total. The Bertz CT molecular complexity index is 634. The predicted molar refractivity (Wildman–Crippen MR) is 91.7 cm³/mol. The summed E-state index contributed by atoms with van der Waals surface area (Å²) in [6, 6.07) is 13.1. The molecule has 6 heteroatoms. The second kappa shape index (κ2) is 8.79. The molecule has 2 aromatic rings. The molecule has 0 aliphatic heterocycles. The van der Waals surface area contributed by atoms with Crippen molar-refractivity contribution in [2.75, 3.05) is 12.3 Å². The van der Waals surface area contributed by atoms with Crippen LogP contribution in [0.5, 0.6) is 5.75 Å². The number of halogens is 2. The standard InChI is InChI=1S/C17H17ClFNO2S/c1-12(22-15-6-4-14(19)5-7-15)17(21)20-10-11-23-16-8-2-13(18)3-9-16/h2-9,12H,10-11H2,1H3,(H,20,21)/t12-/m1/s1. The van der Waals surface area contributed by atoms with Crippen molar-refractivity contribution < 1.29 is 13.9 Å². The van der Waals surface area contributed by atoms with Crippen molar-refractivity contribution in [3.05, 3.63) is 59.4 Å². The molecule has 0 aliphatic rings. The molecule has 0 fully saturated rings. The summed E-state index contributed by atoms with van der Waals surface area (Å²) in [5, 5.41) is 3.51. The van der Waals surface area contributed by atoms with E-state index in [-0.39, 0.29) is 11.7 Å². The number of hydrogen-bond donors (Lipinski definition) is 1. The topological polar surface area (TPSA) is 38.3 Å². The van der Waals surface area contributed by atoms with Crippen molar-refractivity contribution in [3.63, 3.8) is 0 Å². The average Bonchev–Trinajstić information content (AvgIpc) is 2.55. The van der Waals surface area contributed by atoms with E-state index in [0.717, 1.165) is 10.6 Å². The van der Waals surface area contributed by atoms with Crippen molar-refractivity contribution >= 4 is 29.3 Å². The van der Waals surface area contributed by atoms with E-state index in [0.29, 0.717) is 17.3 Å². The van der Waals surface area contributed by atoms with E-state index in [1.807, 2.05) is 24.3 Å². The van der Waals surface area contributed by atoms with Crippen LogP contribution in [0.4, 0.5) is 4.39 Å². The van der Waals surface area contributed by atoms with Crippen molar-refractivity contribution in [1.29, 1.82) is 0 Å². The third kappa shape index (κ3) is 6.12. The molecule has 0 spiro atoms. The highest BCUT2D eigenvalue weighted by Crippen LogP contribution is 2.19. The molecule has 23 heavy (non-hydrogen) atoms. The Kier molecular flexibility index (Phi) is 6.74. The SMILES string of the molecule is C[C@@H](Oc1ccc(F)cc1)C(=O)NCCSc1ccc(Cl)cc1. The Balaban J connectivity index is 1.69. The van der Waals surface area contributed by atoms with Crippen LogP contribution in [0.15, 0.2) is 53.4 Å². The highest BCUT2D eigenvalue weighted by atomic mass is 35.5. The first-order valence-corrected chi connectivity index (χ1v) is 8.49. The smallest absolute Gasteiger partial charge is 0.260 e. The molecule has 1 atom stereocenters. The number of ether oxygens (including phenoxy) is 1. The fourth-order valence-corrected chi connectivity index (χ4v) is 2.68. The van der Waals surface area contributed by atoms with Crippen LogP contribution >= 0.6 is 23.4 Å². The number of carbonyl (C=O) groups excluding carboxylic acids is 1. The predicted octanol–water partition coefficient (Wildman–Crippen LogP) is 4.15. The normalized spacial score (nSPS) is 11.8. The Labute approximate surface area is 144 Å². The van der Waals surface area contributed by atoms with Gasteiger partial charge in [-0.3, -0.25) is 4.79 Å². The molecule has 3 nitrogen and oxygen atoms in total. The Hall–Kier alpha value is -1.72. The monoisotopic (exact) mass is 353 g/mol. The van der Waals surface area contributed by atoms with Crippen LogP contribution in [-0.4, -0.2) is 24.3 Å².